The molecule has 1 aromatic rings. The fourth-order valence-corrected chi connectivity index (χ4v) is 2.50. The summed E-state index contributed by atoms with van der Waals surface area (Å²) in [4.78, 5) is 23.3. The summed E-state index contributed by atoms with van der Waals surface area (Å²) >= 11 is 0. The number of rotatable bonds is 4. The summed E-state index contributed by atoms with van der Waals surface area (Å²) in [5.41, 5.74) is -1.11. The highest BCUT2D eigenvalue weighted by atomic mass is 19.1. The molecule has 1 heterocycles. The lowest BCUT2D eigenvalue weighted by Gasteiger charge is -2.30. The van der Waals surface area contributed by atoms with Crippen LogP contribution >= 0.6 is 0 Å². The van der Waals surface area contributed by atoms with E-state index in [2.05, 4.69) is 10.2 Å². The van der Waals surface area contributed by atoms with Gasteiger partial charge in [-0.05, 0) is 26.4 Å². The molecule has 2 N–H and O–H groups in total. The molecular weight excluding hydrogens is 281 g/mol. The van der Waals surface area contributed by atoms with Gasteiger partial charge in [0.1, 0.15) is 17.1 Å². The molecule has 1 aromatic carbocycles. The van der Waals surface area contributed by atoms with Crippen LogP contribution < -0.4 is 5.32 Å². The number of piperidine rings is 1. The van der Waals surface area contributed by atoms with Crippen LogP contribution in [0.15, 0.2) is 12.1 Å². The molecule has 1 aliphatic heterocycles. The zero-order valence-electron chi connectivity index (χ0n) is 11.5. The summed E-state index contributed by atoms with van der Waals surface area (Å²) in [6.45, 7) is 1.64. The number of halogens is 1. The number of aromatic carboxylic acids is 1. The van der Waals surface area contributed by atoms with Crippen molar-refractivity contribution < 1.29 is 19.2 Å². The number of carboxylic acid groups (broad SMARTS) is 1. The summed E-state index contributed by atoms with van der Waals surface area (Å²) in [5, 5.41) is 22.8. The molecule has 7 nitrogen and oxygen atoms in total. The van der Waals surface area contributed by atoms with Crippen molar-refractivity contribution >= 4 is 17.3 Å². The number of nitrogens with one attached hydrogen (secondary N) is 1. The van der Waals surface area contributed by atoms with Gasteiger partial charge in [0.15, 0.2) is 0 Å². The van der Waals surface area contributed by atoms with E-state index in [1.54, 1.807) is 0 Å². The molecule has 1 fully saturated rings. The van der Waals surface area contributed by atoms with Gasteiger partial charge in [-0.2, -0.15) is 0 Å². The summed E-state index contributed by atoms with van der Waals surface area (Å²) in [7, 11) is 1.94. The van der Waals surface area contributed by atoms with Gasteiger partial charge in [-0.1, -0.05) is 0 Å². The fourth-order valence-electron chi connectivity index (χ4n) is 2.50. The highest BCUT2D eigenvalue weighted by molar-refractivity contribution is 5.90. The maximum Gasteiger partial charge on any atom is 0.338 e. The number of nitro benzene ring substituents is 1. The van der Waals surface area contributed by atoms with Gasteiger partial charge in [0.2, 0.25) is 0 Å². The average Bonchev–Trinajstić information content (AvgIpc) is 2.37. The Labute approximate surface area is 120 Å². The molecule has 114 valence electrons. The number of hydrogen-bond acceptors (Lipinski definition) is 5. The third-order valence-corrected chi connectivity index (χ3v) is 3.50. The number of benzene rings is 1. The normalized spacial score (nSPS) is 19.2. The number of carbonyl (C=O) groups is 1. The quantitative estimate of drug-likeness (QED) is 0.651. The van der Waals surface area contributed by atoms with Gasteiger partial charge < -0.3 is 15.3 Å². The van der Waals surface area contributed by atoms with E-state index in [4.69, 9.17) is 5.11 Å². The topological polar surface area (TPSA) is 95.7 Å². The summed E-state index contributed by atoms with van der Waals surface area (Å²) in [6.07, 6.45) is 1.77. The molecule has 1 saturated heterocycles. The smallest absolute Gasteiger partial charge is 0.338 e. The van der Waals surface area contributed by atoms with Crippen LogP contribution in [0.5, 0.6) is 0 Å². The molecule has 1 atom stereocenters. The minimum atomic E-state index is -1.53. The Morgan fingerprint density at radius 2 is 2.29 bits per heavy atom. The van der Waals surface area contributed by atoms with Gasteiger partial charge in [0.05, 0.1) is 4.92 Å². The zero-order chi connectivity index (χ0) is 15.6. The number of likely N-dealkylation sites (N-methyl/N-ethyl adjacent to an activating group) is 1. The first-order valence-corrected chi connectivity index (χ1v) is 6.55. The Morgan fingerprint density at radius 1 is 1.57 bits per heavy atom. The first-order chi connectivity index (χ1) is 9.88. The molecule has 0 saturated carbocycles. The van der Waals surface area contributed by atoms with E-state index in [9.17, 15) is 19.3 Å². The van der Waals surface area contributed by atoms with E-state index < -0.39 is 28.0 Å². The Balaban J connectivity index is 2.31. The Morgan fingerprint density at radius 3 is 2.86 bits per heavy atom. The first kappa shape index (κ1) is 15.2. The van der Waals surface area contributed by atoms with Crippen molar-refractivity contribution in [2.24, 2.45) is 0 Å². The van der Waals surface area contributed by atoms with Gasteiger partial charge in [-0.3, -0.25) is 10.1 Å². The van der Waals surface area contributed by atoms with Crippen molar-refractivity contribution in [3.05, 3.63) is 33.6 Å². The molecule has 0 bridgehead atoms. The standard InChI is InChI=1S/C13H16FN3O4/c1-16-4-2-3-8(7-16)15-11-6-10(14)9(13(18)19)5-12(11)17(20)21/h5-6,8,15H,2-4,7H2,1H3,(H,18,19). The third-order valence-electron chi connectivity index (χ3n) is 3.50. The third kappa shape index (κ3) is 3.46. The molecular formula is C13H16FN3O4. The first-order valence-electron chi connectivity index (χ1n) is 6.55. The second-order valence-corrected chi connectivity index (χ2v) is 5.16. The number of nitrogens with zero attached hydrogens (tertiary/aromatic N) is 2. The van der Waals surface area contributed by atoms with E-state index in [0.29, 0.717) is 6.54 Å². The minimum Gasteiger partial charge on any atom is -0.478 e. The molecule has 0 amide bonds. The van der Waals surface area contributed by atoms with Crippen molar-refractivity contribution in [1.82, 2.24) is 4.90 Å². The Bertz CT molecular complexity index is 579. The summed E-state index contributed by atoms with van der Waals surface area (Å²) in [6, 6.07) is 1.61. The van der Waals surface area contributed by atoms with Gasteiger partial charge in [0, 0.05) is 24.7 Å². The van der Waals surface area contributed by atoms with Crippen LogP contribution in [0.25, 0.3) is 0 Å². The maximum absolute atomic E-state index is 13.7. The highest BCUT2D eigenvalue weighted by Gasteiger charge is 2.25. The molecule has 0 aromatic heterocycles. The van der Waals surface area contributed by atoms with E-state index in [-0.39, 0.29) is 11.7 Å². The Hall–Kier alpha value is -2.22. The van der Waals surface area contributed by atoms with Crippen molar-refractivity contribution in [3.63, 3.8) is 0 Å². The molecule has 0 radical (unpaired) electrons. The van der Waals surface area contributed by atoms with Crippen LogP contribution in [-0.2, 0) is 0 Å². The minimum absolute atomic E-state index is 0.0165. The molecule has 1 aliphatic rings. The SMILES string of the molecule is CN1CCCC(Nc2cc(F)c(C(=O)O)cc2[N+](=O)[O-])C1. The highest BCUT2D eigenvalue weighted by Crippen LogP contribution is 2.29. The lowest BCUT2D eigenvalue weighted by atomic mass is 10.1. The number of likely N-dealkylation sites (tertiary alicyclic amines) is 1. The number of nitro groups is 1. The van der Waals surface area contributed by atoms with Crippen LogP contribution in [0.2, 0.25) is 0 Å². The Kier molecular flexibility index (Phi) is 4.37. The van der Waals surface area contributed by atoms with Crippen LogP contribution in [0.1, 0.15) is 23.2 Å². The van der Waals surface area contributed by atoms with E-state index in [0.717, 1.165) is 31.5 Å². The molecule has 0 aliphatic carbocycles. The average molecular weight is 297 g/mol. The van der Waals surface area contributed by atoms with E-state index in [1.165, 1.54) is 0 Å². The molecule has 0 spiro atoms. The fraction of sp³-hybridized carbons (Fsp3) is 0.462. The van der Waals surface area contributed by atoms with Crippen molar-refractivity contribution in [1.29, 1.82) is 0 Å². The lowest BCUT2D eigenvalue weighted by Crippen LogP contribution is -2.39. The molecule has 21 heavy (non-hydrogen) atoms. The van der Waals surface area contributed by atoms with Gasteiger partial charge in [0.25, 0.3) is 5.69 Å². The monoisotopic (exact) mass is 297 g/mol. The number of carboxylic acids is 1. The summed E-state index contributed by atoms with van der Waals surface area (Å²) < 4.78 is 13.7. The maximum atomic E-state index is 13.7. The largest absolute Gasteiger partial charge is 0.478 e. The molecule has 2 rings (SSSR count). The van der Waals surface area contributed by atoms with Crippen LogP contribution in [0.4, 0.5) is 15.8 Å². The van der Waals surface area contributed by atoms with Crippen LogP contribution in [0.3, 0.4) is 0 Å². The predicted molar refractivity (Wildman–Crippen MR) is 74.2 cm³/mol. The second kappa shape index (κ2) is 6.04. The van der Waals surface area contributed by atoms with Crippen molar-refractivity contribution in [3.8, 4) is 0 Å². The molecule has 1 unspecified atom stereocenters. The van der Waals surface area contributed by atoms with Gasteiger partial charge in [-0.25, -0.2) is 9.18 Å². The van der Waals surface area contributed by atoms with Crippen LogP contribution in [-0.4, -0.2) is 47.1 Å². The molecule has 8 heteroatoms. The number of anilines is 1. The van der Waals surface area contributed by atoms with Crippen LogP contribution in [0, 0.1) is 15.9 Å². The van der Waals surface area contributed by atoms with Gasteiger partial charge >= 0.3 is 5.97 Å². The lowest BCUT2D eigenvalue weighted by molar-refractivity contribution is -0.384. The number of hydrogen-bond donors (Lipinski definition) is 2. The van der Waals surface area contributed by atoms with Gasteiger partial charge in [-0.15, -0.1) is 0 Å². The predicted octanol–water partition coefficient (Wildman–Crippen LogP) is 1.94. The summed E-state index contributed by atoms with van der Waals surface area (Å²) in [5.74, 6) is -2.51. The van der Waals surface area contributed by atoms with E-state index in [1.807, 2.05) is 7.05 Å². The second-order valence-electron chi connectivity index (χ2n) is 5.16. The van der Waals surface area contributed by atoms with Crippen molar-refractivity contribution in [2.45, 2.75) is 18.9 Å². The zero-order valence-corrected chi connectivity index (χ0v) is 11.5. The van der Waals surface area contributed by atoms with E-state index >= 15 is 0 Å². The van der Waals surface area contributed by atoms with Crippen molar-refractivity contribution in [2.75, 3.05) is 25.5 Å².